The Morgan fingerprint density at radius 2 is 2.18 bits per heavy atom. The first-order valence-corrected chi connectivity index (χ1v) is 7.16. The molecular formula is C14H18BrNO. The molecule has 1 N–H and O–H groups in total. The Bertz CT molecular complexity index is 409. The van der Waals surface area contributed by atoms with Crippen LogP contribution in [0.4, 0.5) is 0 Å². The van der Waals surface area contributed by atoms with Gasteiger partial charge in [-0.25, -0.2) is 0 Å². The van der Waals surface area contributed by atoms with Crippen molar-refractivity contribution in [3.05, 3.63) is 34.3 Å². The Labute approximate surface area is 111 Å². The summed E-state index contributed by atoms with van der Waals surface area (Å²) in [5.41, 5.74) is 1.36. The van der Waals surface area contributed by atoms with Crippen molar-refractivity contribution in [3.8, 4) is 0 Å². The van der Waals surface area contributed by atoms with E-state index in [1.165, 1.54) is 12.0 Å². The number of hydrogen-bond donors (Lipinski definition) is 1. The normalized spacial score (nSPS) is 32.9. The van der Waals surface area contributed by atoms with Crippen LogP contribution in [0.2, 0.25) is 0 Å². The molecule has 1 aliphatic heterocycles. The summed E-state index contributed by atoms with van der Waals surface area (Å²) in [7, 11) is 0. The highest BCUT2D eigenvalue weighted by Gasteiger charge is 2.41. The van der Waals surface area contributed by atoms with E-state index in [0.717, 1.165) is 36.4 Å². The van der Waals surface area contributed by atoms with E-state index in [1.807, 2.05) is 0 Å². The highest BCUT2D eigenvalue weighted by Crippen LogP contribution is 2.38. The molecule has 2 fully saturated rings. The van der Waals surface area contributed by atoms with E-state index < -0.39 is 0 Å². The molecule has 1 aromatic carbocycles. The van der Waals surface area contributed by atoms with Crippen LogP contribution in [-0.4, -0.2) is 29.2 Å². The van der Waals surface area contributed by atoms with Crippen molar-refractivity contribution in [2.45, 2.75) is 25.5 Å². The molecule has 3 heteroatoms. The second kappa shape index (κ2) is 4.71. The predicted octanol–water partition coefficient (Wildman–Crippen LogP) is 2.65. The molecular weight excluding hydrogens is 278 g/mol. The fourth-order valence-electron chi connectivity index (χ4n) is 3.35. The van der Waals surface area contributed by atoms with Gasteiger partial charge in [0.05, 0.1) is 6.10 Å². The molecule has 0 bridgehead atoms. The van der Waals surface area contributed by atoms with Gasteiger partial charge in [0.15, 0.2) is 0 Å². The third-order valence-corrected chi connectivity index (χ3v) is 4.68. The second-order valence-electron chi connectivity index (χ2n) is 5.39. The molecule has 2 nitrogen and oxygen atoms in total. The SMILES string of the molecule is OC1CCC2CN(Cc3cccc(Br)c3)CC12. The van der Waals surface area contributed by atoms with Gasteiger partial charge in [0.2, 0.25) is 0 Å². The maximum Gasteiger partial charge on any atom is 0.0583 e. The minimum Gasteiger partial charge on any atom is -0.393 e. The highest BCUT2D eigenvalue weighted by atomic mass is 79.9. The molecule has 1 aromatic rings. The first kappa shape index (κ1) is 11.7. The fourth-order valence-corrected chi connectivity index (χ4v) is 3.80. The average molecular weight is 296 g/mol. The first-order chi connectivity index (χ1) is 8.22. The zero-order chi connectivity index (χ0) is 11.8. The van der Waals surface area contributed by atoms with Crippen LogP contribution in [0, 0.1) is 11.8 Å². The lowest BCUT2D eigenvalue weighted by atomic mass is 10.00. The van der Waals surface area contributed by atoms with Gasteiger partial charge in [0.25, 0.3) is 0 Å². The smallest absolute Gasteiger partial charge is 0.0583 e. The van der Waals surface area contributed by atoms with E-state index in [9.17, 15) is 5.11 Å². The van der Waals surface area contributed by atoms with Crippen LogP contribution in [0.15, 0.2) is 28.7 Å². The van der Waals surface area contributed by atoms with Crippen LogP contribution in [-0.2, 0) is 6.54 Å². The zero-order valence-corrected chi connectivity index (χ0v) is 11.4. The Morgan fingerprint density at radius 3 is 2.94 bits per heavy atom. The Kier molecular flexibility index (Phi) is 3.24. The maximum absolute atomic E-state index is 9.89. The fraction of sp³-hybridized carbons (Fsp3) is 0.571. The zero-order valence-electron chi connectivity index (χ0n) is 9.85. The van der Waals surface area contributed by atoms with Gasteiger partial charge in [-0.3, -0.25) is 4.90 Å². The third kappa shape index (κ3) is 2.42. The summed E-state index contributed by atoms with van der Waals surface area (Å²) in [6.45, 7) is 3.24. The number of nitrogens with zero attached hydrogens (tertiary/aromatic N) is 1. The van der Waals surface area contributed by atoms with Crippen molar-refractivity contribution in [1.29, 1.82) is 0 Å². The van der Waals surface area contributed by atoms with Crippen molar-refractivity contribution in [2.24, 2.45) is 11.8 Å². The van der Waals surface area contributed by atoms with Gasteiger partial charge in [0.1, 0.15) is 0 Å². The molecule has 1 saturated heterocycles. The van der Waals surface area contributed by atoms with E-state index in [2.05, 4.69) is 45.1 Å². The van der Waals surface area contributed by atoms with Crippen LogP contribution in [0.5, 0.6) is 0 Å². The van der Waals surface area contributed by atoms with E-state index >= 15 is 0 Å². The summed E-state index contributed by atoms with van der Waals surface area (Å²) >= 11 is 3.51. The number of fused-ring (bicyclic) bond motifs is 1. The van der Waals surface area contributed by atoms with E-state index in [0.29, 0.717) is 5.92 Å². The monoisotopic (exact) mass is 295 g/mol. The van der Waals surface area contributed by atoms with Gasteiger partial charge in [0, 0.05) is 30.0 Å². The van der Waals surface area contributed by atoms with Crippen LogP contribution in [0.1, 0.15) is 18.4 Å². The van der Waals surface area contributed by atoms with Crippen LogP contribution in [0.3, 0.4) is 0 Å². The van der Waals surface area contributed by atoms with Crippen molar-refractivity contribution >= 4 is 15.9 Å². The molecule has 2 aliphatic rings. The van der Waals surface area contributed by atoms with Crippen molar-refractivity contribution < 1.29 is 5.11 Å². The predicted molar refractivity (Wildman–Crippen MR) is 71.6 cm³/mol. The molecule has 3 rings (SSSR count). The summed E-state index contributed by atoms with van der Waals surface area (Å²) in [6, 6.07) is 8.51. The molecule has 92 valence electrons. The van der Waals surface area contributed by atoms with Gasteiger partial charge in [-0.05, 0) is 36.5 Å². The molecule has 0 spiro atoms. The molecule has 1 saturated carbocycles. The standard InChI is InChI=1S/C14H18BrNO/c15-12-3-1-2-10(6-12)7-16-8-11-4-5-14(17)13(11)9-16/h1-3,6,11,13-14,17H,4-5,7-9H2. The maximum atomic E-state index is 9.89. The first-order valence-electron chi connectivity index (χ1n) is 6.37. The average Bonchev–Trinajstić information content (AvgIpc) is 2.82. The molecule has 1 heterocycles. The molecule has 3 atom stereocenters. The van der Waals surface area contributed by atoms with Crippen LogP contribution >= 0.6 is 15.9 Å². The lowest BCUT2D eigenvalue weighted by molar-refractivity contribution is 0.123. The van der Waals surface area contributed by atoms with Gasteiger partial charge in [-0.2, -0.15) is 0 Å². The molecule has 0 amide bonds. The number of hydrogen-bond acceptors (Lipinski definition) is 2. The number of likely N-dealkylation sites (tertiary alicyclic amines) is 1. The summed E-state index contributed by atoms with van der Waals surface area (Å²) in [5, 5.41) is 9.89. The molecule has 17 heavy (non-hydrogen) atoms. The van der Waals surface area contributed by atoms with Crippen molar-refractivity contribution in [3.63, 3.8) is 0 Å². The topological polar surface area (TPSA) is 23.5 Å². The number of aliphatic hydroxyl groups excluding tert-OH is 1. The quantitative estimate of drug-likeness (QED) is 0.907. The Hall–Kier alpha value is -0.380. The van der Waals surface area contributed by atoms with E-state index in [-0.39, 0.29) is 6.10 Å². The van der Waals surface area contributed by atoms with Crippen molar-refractivity contribution in [1.82, 2.24) is 4.90 Å². The van der Waals surface area contributed by atoms with Crippen molar-refractivity contribution in [2.75, 3.05) is 13.1 Å². The number of halogens is 1. The van der Waals surface area contributed by atoms with E-state index in [4.69, 9.17) is 0 Å². The molecule has 0 aromatic heterocycles. The van der Waals surface area contributed by atoms with Gasteiger partial charge >= 0.3 is 0 Å². The highest BCUT2D eigenvalue weighted by molar-refractivity contribution is 9.10. The minimum absolute atomic E-state index is 0.0486. The third-order valence-electron chi connectivity index (χ3n) is 4.19. The summed E-state index contributed by atoms with van der Waals surface area (Å²) in [6.07, 6.45) is 2.17. The molecule has 1 aliphatic carbocycles. The number of aliphatic hydroxyl groups is 1. The van der Waals surface area contributed by atoms with Gasteiger partial charge in [-0.15, -0.1) is 0 Å². The Morgan fingerprint density at radius 1 is 1.29 bits per heavy atom. The number of benzene rings is 1. The molecule has 0 radical (unpaired) electrons. The van der Waals surface area contributed by atoms with Crippen LogP contribution in [0.25, 0.3) is 0 Å². The number of rotatable bonds is 2. The van der Waals surface area contributed by atoms with Crippen LogP contribution < -0.4 is 0 Å². The summed E-state index contributed by atoms with van der Waals surface area (Å²) < 4.78 is 1.15. The van der Waals surface area contributed by atoms with Gasteiger partial charge < -0.3 is 5.11 Å². The Balaban J connectivity index is 1.64. The molecule has 3 unspecified atom stereocenters. The lowest BCUT2D eigenvalue weighted by Crippen LogP contribution is -2.24. The minimum atomic E-state index is -0.0486. The lowest BCUT2D eigenvalue weighted by Gasteiger charge is -2.18. The second-order valence-corrected chi connectivity index (χ2v) is 6.31. The summed E-state index contributed by atoms with van der Waals surface area (Å²) in [5.74, 6) is 1.26. The largest absolute Gasteiger partial charge is 0.393 e. The summed E-state index contributed by atoms with van der Waals surface area (Å²) in [4.78, 5) is 2.49. The van der Waals surface area contributed by atoms with E-state index in [1.54, 1.807) is 0 Å². The van der Waals surface area contributed by atoms with Gasteiger partial charge in [-0.1, -0.05) is 28.1 Å².